The number of nitrogens with one attached hydrogen (secondary N) is 1. The van der Waals surface area contributed by atoms with E-state index in [9.17, 15) is 9.18 Å². The highest BCUT2D eigenvalue weighted by molar-refractivity contribution is 5.69. The summed E-state index contributed by atoms with van der Waals surface area (Å²) in [4.78, 5) is 20.6. The van der Waals surface area contributed by atoms with Gasteiger partial charge >= 0.3 is 5.97 Å². The monoisotopic (exact) mass is 310 g/mol. The number of carboxylic acids is 1. The summed E-state index contributed by atoms with van der Waals surface area (Å²) in [6, 6.07) is 0.0511. The van der Waals surface area contributed by atoms with Gasteiger partial charge < -0.3 is 15.2 Å². The van der Waals surface area contributed by atoms with Crippen molar-refractivity contribution in [3.05, 3.63) is 18.2 Å². The quantitative estimate of drug-likeness (QED) is 0.848. The summed E-state index contributed by atoms with van der Waals surface area (Å²) in [5.74, 6) is -0.907. The SMILES string of the molecule is O=C(O)CN1CCC[C@@]2(C[C@H](Nc3ncc(F)cn3)CO2)C1. The number of nitrogens with zero attached hydrogens (tertiary/aromatic N) is 3. The second-order valence-electron chi connectivity index (χ2n) is 5.97. The summed E-state index contributed by atoms with van der Waals surface area (Å²) in [6.45, 7) is 1.98. The Labute approximate surface area is 127 Å². The first-order chi connectivity index (χ1) is 10.5. The van der Waals surface area contributed by atoms with Crippen LogP contribution in [0.15, 0.2) is 12.4 Å². The van der Waals surface area contributed by atoms with Crippen LogP contribution in [0, 0.1) is 5.82 Å². The van der Waals surface area contributed by atoms with E-state index < -0.39 is 11.8 Å². The van der Waals surface area contributed by atoms with Crippen molar-refractivity contribution in [3.8, 4) is 0 Å². The first kappa shape index (κ1) is 15.1. The smallest absolute Gasteiger partial charge is 0.317 e. The second-order valence-corrected chi connectivity index (χ2v) is 5.97. The summed E-state index contributed by atoms with van der Waals surface area (Å²) in [5.41, 5.74) is -0.300. The number of piperidine rings is 1. The third-order valence-corrected chi connectivity index (χ3v) is 4.14. The predicted molar refractivity (Wildman–Crippen MR) is 76.0 cm³/mol. The summed E-state index contributed by atoms with van der Waals surface area (Å²) in [6.07, 6.45) is 4.86. The zero-order valence-corrected chi connectivity index (χ0v) is 12.2. The molecule has 0 unspecified atom stereocenters. The fourth-order valence-electron chi connectivity index (χ4n) is 3.31. The van der Waals surface area contributed by atoms with E-state index in [1.54, 1.807) is 0 Å². The van der Waals surface area contributed by atoms with Gasteiger partial charge in [0, 0.05) is 13.0 Å². The number of carbonyl (C=O) groups is 1. The number of anilines is 1. The van der Waals surface area contributed by atoms with Gasteiger partial charge in [-0.2, -0.15) is 0 Å². The highest BCUT2D eigenvalue weighted by Crippen LogP contribution is 2.35. The van der Waals surface area contributed by atoms with Crippen LogP contribution < -0.4 is 5.32 Å². The van der Waals surface area contributed by atoms with Gasteiger partial charge in [0.25, 0.3) is 0 Å². The van der Waals surface area contributed by atoms with Gasteiger partial charge in [0.2, 0.25) is 5.95 Å². The molecule has 7 nitrogen and oxygen atoms in total. The summed E-state index contributed by atoms with van der Waals surface area (Å²) < 4.78 is 18.8. The third-order valence-electron chi connectivity index (χ3n) is 4.14. The number of halogens is 1. The standard InChI is InChI=1S/C14H19FN4O3/c15-10-5-16-13(17-6-10)18-11-4-14(22-8-11)2-1-3-19(9-14)7-12(20)21/h5-6,11H,1-4,7-9H2,(H,20,21)(H,16,17,18)/t11-,14+/m0/s1. The van der Waals surface area contributed by atoms with Crippen LogP contribution in [-0.2, 0) is 9.53 Å². The molecule has 22 heavy (non-hydrogen) atoms. The molecule has 2 aliphatic heterocycles. The van der Waals surface area contributed by atoms with Crippen LogP contribution in [0.2, 0.25) is 0 Å². The first-order valence-electron chi connectivity index (χ1n) is 7.37. The maximum Gasteiger partial charge on any atom is 0.317 e. The molecule has 1 aromatic rings. The van der Waals surface area contributed by atoms with Crippen LogP contribution in [0.3, 0.4) is 0 Å². The number of aliphatic carboxylic acids is 1. The first-order valence-corrected chi connectivity index (χ1v) is 7.37. The van der Waals surface area contributed by atoms with Crippen molar-refractivity contribution in [2.45, 2.75) is 30.9 Å². The van der Waals surface area contributed by atoms with Crippen LogP contribution in [0.4, 0.5) is 10.3 Å². The second kappa shape index (κ2) is 6.13. The Hall–Kier alpha value is -1.80. The van der Waals surface area contributed by atoms with Crippen LogP contribution in [0.25, 0.3) is 0 Å². The molecular formula is C14H19FN4O3. The molecule has 2 fully saturated rings. The highest BCUT2D eigenvalue weighted by atomic mass is 19.1. The van der Waals surface area contributed by atoms with E-state index in [4.69, 9.17) is 9.84 Å². The van der Waals surface area contributed by atoms with Gasteiger partial charge in [-0.1, -0.05) is 0 Å². The number of likely N-dealkylation sites (tertiary alicyclic amines) is 1. The van der Waals surface area contributed by atoms with Crippen molar-refractivity contribution in [2.24, 2.45) is 0 Å². The lowest BCUT2D eigenvalue weighted by Gasteiger charge is -2.39. The van der Waals surface area contributed by atoms with E-state index in [2.05, 4.69) is 15.3 Å². The van der Waals surface area contributed by atoms with Gasteiger partial charge in [0.05, 0.1) is 37.2 Å². The van der Waals surface area contributed by atoms with Crippen molar-refractivity contribution >= 4 is 11.9 Å². The maximum atomic E-state index is 12.8. The molecule has 0 saturated carbocycles. The average Bonchev–Trinajstić information content (AvgIpc) is 2.83. The molecule has 1 spiro atoms. The van der Waals surface area contributed by atoms with Crippen LogP contribution in [0.5, 0.6) is 0 Å². The fraction of sp³-hybridized carbons (Fsp3) is 0.643. The molecule has 0 bridgehead atoms. The fourth-order valence-corrected chi connectivity index (χ4v) is 3.31. The number of aromatic nitrogens is 2. The minimum absolute atomic E-state index is 0.0459. The van der Waals surface area contributed by atoms with Crippen molar-refractivity contribution in [1.29, 1.82) is 0 Å². The molecule has 0 aliphatic carbocycles. The van der Waals surface area contributed by atoms with Crippen molar-refractivity contribution < 1.29 is 19.0 Å². The Kier molecular flexibility index (Phi) is 4.21. The number of rotatable bonds is 4. The van der Waals surface area contributed by atoms with E-state index >= 15 is 0 Å². The number of hydrogen-bond acceptors (Lipinski definition) is 6. The van der Waals surface area contributed by atoms with Gasteiger partial charge in [-0.3, -0.25) is 9.69 Å². The molecule has 2 saturated heterocycles. The third kappa shape index (κ3) is 3.50. The number of ether oxygens (including phenoxy) is 1. The summed E-state index contributed by atoms with van der Waals surface area (Å²) in [7, 11) is 0. The van der Waals surface area contributed by atoms with Gasteiger partial charge in [0.1, 0.15) is 0 Å². The van der Waals surface area contributed by atoms with Gasteiger partial charge in [-0.05, 0) is 19.4 Å². The Bertz CT molecular complexity index is 541. The highest BCUT2D eigenvalue weighted by Gasteiger charge is 2.43. The minimum Gasteiger partial charge on any atom is -0.480 e. The van der Waals surface area contributed by atoms with Gasteiger partial charge in [-0.25, -0.2) is 14.4 Å². The topological polar surface area (TPSA) is 87.6 Å². The van der Waals surface area contributed by atoms with Gasteiger partial charge in [0.15, 0.2) is 5.82 Å². The molecule has 0 amide bonds. The average molecular weight is 310 g/mol. The van der Waals surface area contributed by atoms with E-state index in [-0.39, 0.29) is 18.2 Å². The molecule has 2 N–H and O–H groups in total. The van der Waals surface area contributed by atoms with Crippen LogP contribution in [-0.4, -0.2) is 63.8 Å². The Morgan fingerprint density at radius 3 is 3.05 bits per heavy atom. The van der Waals surface area contributed by atoms with E-state index in [0.29, 0.717) is 19.1 Å². The van der Waals surface area contributed by atoms with Crippen molar-refractivity contribution in [2.75, 3.05) is 31.6 Å². The molecule has 2 atom stereocenters. The molecule has 0 aromatic carbocycles. The lowest BCUT2D eigenvalue weighted by molar-refractivity contribution is -0.140. The van der Waals surface area contributed by atoms with Crippen LogP contribution in [0.1, 0.15) is 19.3 Å². The molecule has 3 heterocycles. The maximum absolute atomic E-state index is 12.8. The molecule has 1 aromatic heterocycles. The zero-order valence-electron chi connectivity index (χ0n) is 12.2. The molecule has 8 heteroatoms. The number of carboxylic acid groups (broad SMARTS) is 1. The largest absolute Gasteiger partial charge is 0.480 e. The molecule has 2 aliphatic rings. The lowest BCUT2D eigenvalue weighted by Crippen LogP contribution is -2.49. The Balaban J connectivity index is 1.58. The summed E-state index contributed by atoms with van der Waals surface area (Å²) in [5, 5.41) is 12.1. The normalized spacial score (nSPS) is 28.9. The Morgan fingerprint density at radius 1 is 1.55 bits per heavy atom. The Morgan fingerprint density at radius 2 is 2.32 bits per heavy atom. The summed E-state index contributed by atoms with van der Waals surface area (Å²) >= 11 is 0. The van der Waals surface area contributed by atoms with Crippen molar-refractivity contribution in [1.82, 2.24) is 14.9 Å². The van der Waals surface area contributed by atoms with Gasteiger partial charge in [-0.15, -0.1) is 0 Å². The number of hydrogen-bond donors (Lipinski definition) is 2. The molecule has 3 rings (SSSR count). The lowest BCUT2D eigenvalue weighted by atomic mass is 9.88. The van der Waals surface area contributed by atoms with E-state index in [1.165, 1.54) is 0 Å². The molecule has 0 radical (unpaired) electrons. The van der Waals surface area contributed by atoms with Crippen LogP contribution >= 0.6 is 0 Å². The predicted octanol–water partition coefficient (Wildman–Crippen LogP) is 0.736. The molecule has 120 valence electrons. The zero-order chi connectivity index (χ0) is 15.6. The minimum atomic E-state index is -0.815. The van der Waals surface area contributed by atoms with E-state index in [0.717, 1.165) is 38.2 Å². The molecular weight excluding hydrogens is 291 g/mol. The van der Waals surface area contributed by atoms with E-state index in [1.807, 2.05) is 4.90 Å². The van der Waals surface area contributed by atoms with Crippen molar-refractivity contribution in [3.63, 3.8) is 0 Å².